The number of amides is 3. The lowest BCUT2D eigenvalue weighted by Gasteiger charge is -2.25. The first kappa shape index (κ1) is 30.9. The molecule has 0 bridgehead atoms. The number of imidazole rings is 1. The SMILES string of the molecule is COc1nc(N)nc2c1ncn2[C@@H]1O[C@H](CO[P@@](=O)(N[C@H](C)C(=O)OC(C)C)SC[C@H]2NC(=O)NC2=O)[C@@H](O)[C@@H]1C. The van der Waals surface area contributed by atoms with Gasteiger partial charge in [-0.1, -0.05) is 18.3 Å². The normalized spacial score (nSPS) is 26.6. The van der Waals surface area contributed by atoms with Gasteiger partial charge in [-0.25, -0.2) is 14.9 Å². The highest BCUT2D eigenvalue weighted by Gasteiger charge is 2.44. The molecule has 0 spiro atoms. The van der Waals surface area contributed by atoms with Gasteiger partial charge in [0.1, 0.15) is 24.4 Å². The number of urea groups is 1. The standard InChI is InChI=1S/C22H33N8O9PS/c1-9(2)38-20(33)11(4)29-40(35,41-7-12-17(32)27-22(34)25-12)37-6-13-15(31)10(3)19(39-13)30-8-24-14-16(30)26-21(23)28-18(14)36-5/h8-13,15,19,31H,6-7H2,1-5H3,(H,29,35)(H2,23,26,28)(H2,25,27,32,34)/t10-,11+,12+,13+,15-,19+,40-/m0/s1. The molecule has 2 saturated heterocycles. The maximum atomic E-state index is 13.9. The van der Waals surface area contributed by atoms with Crippen LogP contribution in [-0.4, -0.2) is 92.4 Å². The Hall–Kier alpha value is -3.02. The van der Waals surface area contributed by atoms with Crippen LogP contribution >= 0.6 is 18.1 Å². The van der Waals surface area contributed by atoms with Crippen LogP contribution in [-0.2, 0) is 28.2 Å². The average Bonchev–Trinajstić information content (AvgIpc) is 3.55. The summed E-state index contributed by atoms with van der Waals surface area (Å²) in [6.07, 6.45) is -1.70. The van der Waals surface area contributed by atoms with Gasteiger partial charge in [-0.05, 0) is 20.8 Å². The molecule has 6 N–H and O–H groups in total. The van der Waals surface area contributed by atoms with Crippen molar-refractivity contribution in [3.63, 3.8) is 0 Å². The number of rotatable bonds is 12. The number of ether oxygens (including phenoxy) is 3. The monoisotopic (exact) mass is 616 g/mol. The smallest absolute Gasteiger partial charge is 0.327 e. The number of nitrogen functional groups attached to an aromatic ring is 1. The van der Waals surface area contributed by atoms with Gasteiger partial charge in [0.2, 0.25) is 11.8 Å². The summed E-state index contributed by atoms with van der Waals surface area (Å²) in [6, 6.07) is -2.67. The van der Waals surface area contributed by atoms with Crippen LogP contribution in [0.5, 0.6) is 5.88 Å². The molecule has 226 valence electrons. The van der Waals surface area contributed by atoms with E-state index in [4.69, 9.17) is 24.5 Å². The quantitative estimate of drug-likeness (QED) is 0.123. The second-order valence-electron chi connectivity index (χ2n) is 9.77. The Balaban J connectivity index is 1.49. The maximum Gasteiger partial charge on any atom is 0.327 e. The Kier molecular flexibility index (Phi) is 9.40. The van der Waals surface area contributed by atoms with E-state index >= 15 is 0 Å². The number of carbonyl (C=O) groups excluding carboxylic acids is 3. The van der Waals surface area contributed by atoms with Crippen molar-refractivity contribution in [2.45, 2.75) is 64.3 Å². The van der Waals surface area contributed by atoms with E-state index in [-0.39, 0.29) is 24.2 Å². The number of fused-ring (bicyclic) bond motifs is 1. The number of aliphatic hydroxyl groups is 1. The fourth-order valence-corrected chi connectivity index (χ4v) is 8.11. The molecule has 19 heteroatoms. The van der Waals surface area contributed by atoms with Gasteiger partial charge in [0.25, 0.3) is 5.91 Å². The van der Waals surface area contributed by atoms with Crippen molar-refractivity contribution >= 4 is 53.1 Å². The van der Waals surface area contributed by atoms with Gasteiger partial charge in [0.15, 0.2) is 11.2 Å². The molecule has 0 aromatic carbocycles. The summed E-state index contributed by atoms with van der Waals surface area (Å²) in [6.45, 7) is 2.27. The molecule has 3 amide bonds. The molecule has 2 aromatic rings. The Morgan fingerprint density at radius 1 is 1.34 bits per heavy atom. The Morgan fingerprint density at radius 3 is 2.71 bits per heavy atom. The van der Waals surface area contributed by atoms with Gasteiger partial charge in [-0.2, -0.15) is 9.97 Å². The van der Waals surface area contributed by atoms with E-state index in [1.165, 1.54) is 20.4 Å². The number of carbonyl (C=O) groups is 3. The Labute approximate surface area is 238 Å². The number of imide groups is 1. The number of aliphatic hydroxyl groups excluding tert-OH is 1. The van der Waals surface area contributed by atoms with Crippen molar-refractivity contribution in [1.29, 1.82) is 0 Å². The molecule has 0 unspecified atom stereocenters. The van der Waals surface area contributed by atoms with Crippen LogP contribution < -0.4 is 26.2 Å². The van der Waals surface area contributed by atoms with Gasteiger partial charge >= 0.3 is 18.7 Å². The molecular weight excluding hydrogens is 583 g/mol. The molecule has 2 aliphatic rings. The van der Waals surface area contributed by atoms with Crippen LogP contribution in [0.2, 0.25) is 0 Å². The lowest BCUT2D eigenvalue weighted by Crippen LogP contribution is -2.37. The van der Waals surface area contributed by atoms with Crippen LogP contribution in [0.4, 0.5) is 10.7 Å². The van der Waals surface area contributed by atoms with E-state index in [0.29, 0.717) is 11.2 Å². The van der Waals surface area contributed by atoms with Gasteiger partial charge in [0, 0.05) is 11.7 Å². The molecule has 0 radical (unpaired) electrons. The molecule has 2 fully saturated rings. The summed E-state index contributed by atoms with van der Waals surface area (Å²) in [5.41, 5.74) is 6.49. The van der Waals surface area contributed by atoms with Gasteiger partial charge < -0.3 is 34.9 Å². The number of hydrogen-bond acceptors (Lipinski definition) is 14. The number of methoxy groups -OCH3 is 1. The fraction of sp³-hybridized carbons (Fsp3) is 0.636. The summed E-state index contributed by atoms with van der Waals surface area (Å²) in [7, 11) is 1.42. The van der Waals surface area contributed by atoms with Gasteiger partial charge in [-0.15, -0.1) is 0 Å². The van der Waals surface area contributed by atoms with E-state index in [9.17, 15) is 24.1 Å². The summed E-state index contributed by atoms with van der Waals surface area (Å²) in [5, 5.41) is 18.2. The third-order valence-corrected chi connectivity index (χ3v) is 10.4. The lowest BCUT2D eigenvalue weighted by molar-refractivity contribution is -0.149. The van der Waals surface area contributed by atoms with Crippen LogP contribution in [0, 0.1) is 5.92 Å². The first-order valence-electron chi connectivity index (χ1n) is 12.7. The van der Waals surface area contributed by atoms with Crippen molar-refractivity contribution in [3.05, 3.63) is 6.33 Å². The highest BCUT2D eigenvalue weighted by atomic mass is 32.7. The van der Waals surface area contributed by atoms with Crippen molar-refractivity contribution in [2.24, 2.45) is 5.92 Å². The summed E-state index contributed by atoms with van der Waals surface area (Å²) in [4.78, 5) is 48.4. The minimum atomic E-state index is -3.94. The minimum Gasteiger partial charge on any atom is -0.479 e. The minimum absolute atomic E-state index is 0.0385. The molecule has 17 nitrogen and oxygen atoms in total. The predicted octanol–water partition coefficient (Wildman–Crippen LogP) is 0.307. The summed E-state index contributed by atoms with van der Waals surface area (Å²) < 4.78 is 37.7. The van der Waals surface area contributed by atoms with Crippen LogP contribution in [0.15, 0.2) is 6.33 Å². The molecule has 0 saturated carbocycles. The van der Waals surface area contributed by atoms with Crippen LogP contribution in [0.25, 0.3) is 11.2 Å². The van der Waals surface area contributed by atoms with Crippen LogP contribution in [0.3, 0.4) is 0 Å². The van der Waals surface area contributed by atoms with Crippen molar-refractivity contribution < 1.29 is 42.8 Å². The Bertz CT molecular complexity index is 1360. The van der Waals surface area contributed by atoms with Gasteiger partial charge in [0.05, 0.1) is 32.3 Å². The highest BCUT2D eigenvalue weighted by molar-refractivity contribution is 8.56. The molecule has 7 atom stereocenters. The van der Waals surface area contributed by atoms with E-state index in [0.717, 1.165) is 11.4 Å². The molecule has 41 heavy (non-hydrogen) atoms. The number of esters is 1. The largest absolute Gasteiger partial charge is 0.479 e. The highest BCUT2D eigenvalue weighted by Crippen LogP contribution is 2.57. The van der Waals surface area contributed by atoms with E-state index < -0.39 is 67.2 Å². The van der Waals surface area contributed by atoms with Crippen molar-refractivity contribution in [1.82, 2.24) is 35.2 Å². The Morgan fingerprint density at radius 2 is 2.07 bits per heavy atom. The summed E-state index contributed by atoms with van der Waals surface area (Å²) in [5.74, 6) is -1.71. The first-order chi connectivity index (χ1) is 19.3. The second kappa shape index (κ2) is 12.5. The molecular formula is C22H33N8O9PS. The zero-order chi connectivity index (χ0) is 30.1. The molecule has 2 aliphatic heterocycles. The lowest BCUT2D eigenvalue weighted by atomic mass is 10.0. The zero-order valence-electron chi connectivity index (χ0n) is 23.0. The van der Waals surface area contributed by atoms with Crippen LogP contribution in [0.1, 0.15) is 33.9 Å². The zero-order valence-corrected chi connectivity index (χ0v) is 24.7. The molecule has 2 aromatic heterocycles. The predicted molar refractivity (Wildman–Crippen MR) is 146 cm³/mol. The fourth-order valence-electron chi connectivity index (χ4n) is 4.24. The second-order valence-corrected chi connectivity index (χ2v) is 14.1. The number of nitrogens with one attached hydrogen (secondary N) is 3. The van der Waals surface area contributed by atoms with Crippen molar-refractivity contribution in [3.8, 4) is 5.88 Å². The topological polar surface area (TPSA) is 231 Å². The van der Waals surface area contributed by atoms with Gasteiger partial charge in [-0.3, -0.25) is 24.0 Å². The number of nitrogens with zero attached hydrogens (tertiary/aromatic N) is 4. The van der Waals surface area contributed by atoms with E-state index in [1.807, 2.05) is 0 Å². The number of hydrogen-bond donors (Lipinski definition) is 5. The third kappa shape index (κ3) is 6.90. The third-order valence-electron chi connectivity index (χ3n) is 6.29. The number of anilines is 1. The number of aromatic nitrogens is 4. The molecule has 4 heterocycles. The number of nitrogens with two attached hydrogens (primary N) is 1. The average molecular weight is 617 g/mol. The van der Waals surface area contributed by atoms with E-state index in [2.05, 4.69) is 30.7 Å². The van der Waals surface area contributed by atoms with E-state index in [1.54, 1.807) is 25.3 Å². The maximum absolute atomic E-state index is 13.9. The molecule has 0 aliphatic carbocycles. The first-order valence-corrected chi connectivity index (χ1v) is 15.9. The molecule has 4 rings (SSSR count). The van der Waals surface area contributed by atoms with Crippen molar-refractivity contribution in [2.75, 3.05) is 25.2 Å². The summed E-state index contributed by atoms with van der Waals surface area (Å²) >= 11 is 0.725.